The zero-order valence-electron chi connectivity index (χ0n) is 15.1. The molecule has 0 aliphatic carbocycles. The zero-order valence-corrected chi connectivity index (χ0v) is 15.1. The normalized spacial score (nSPS) is 11.4. The Kier molecular flexibility index (Phi) is 6.01. The molecule has 142 valence electrons. The topological polar surface area (TPSA) is 64.6 Å². The summed E-state index contributed by atoms with van der Waals surface area (Å²) in [7, 11) is 0. The van der Waals surface area contributed by atoms with Crippen molar-refractivity contribution in [3.8, 4) is 11.5 Å². The first-order valence-corrected chi connectivity index (χ1v) is 8.62. The van der Waals surface area contributed by atoms with Gasteiger partial charge in [0.05, 0.1) is 5.56 Å². The summed E-state index contributed by atoms with van der Waals surface area (Å²) in [4.78, 5) is 24.2. The van der Waals surface area contributed by atoms with Gasteiger partial charge in [0.1, 0.15) is 17.3 Å². The Bertz CT molecular complexity index is 958. The molecule has 1 N–H and O–H groups in total. The van der Waals surface area contributed by atoms with E-state index in [1.165, 1.54) is 25.1 Å². The molecule has 0 saturated heterocycles. The van der Waals surface area contributed by atoms with Gasteiger partial charge in [0.15, 0.2) is 6.10 Å². The third kappa shape index (κ3) is 4.94. The molecular weight excluding hydrogens is 361 g/mol. The van der Waals surface area contributed by atoms with Crippen molar-refractivity contribution in [1.29, 1.82) is 0 Å². The summed E-state index contributed by atoms with van der Waals surface area (Å²) in [6.45, 7) is 1.42. The highest BCUT2D eigenvalue weighted by Gasteiger charge is 2.21. The van der Waals surface area contributed by atoms with Crippen molar-refractivity contribution in [2.75, 3.05) is 5.32 Å². The fourth-order valence-electron chi connectivity index (χ4n) is 2.38. The molecule has 6 heteroatoms. The minimum absolute atomic E-state index is 0.218. The molecule has 28 heavy (non-hydrogen) atoms. The molecule has 0 spiro atoms. The first-order valence-electron chi connectivity index (χ1n) is 8.62. The van der Waals surface area contributed by atoms with Crippen LogP contribution in [0.4, 0.5) is 10.1 Å². The molecular formula is C22H18FNO4. The lowest BCUT2D eigenvalue weighted by atomic mass is 10.2. The lowest BCUT2D eigenvalue weighted by Gasteiger charge is -2.14. The molecule has 1 atom stereocenters. The number of esters is 1. The number of rotatable bonds is 6. The number of para-hydroxylation sites is 1. The number of nitrogens with one attached hydrogen (secondary N) is 1. The number of carbonyl (C=O) groups is 2. The van der Waals surface area contributed by atoms with E-state index in [9.17, 15) is 14.0 Å². The predicted molar refractivity (Wildman–Crippen MR) is 103 cm³/mol. The van der Waals surface area contributed by atoms with Crippen LogP contribution in [0.2, 0.25) is 0 Å². The number of amides is 1. The van der Waals surface area contributed by atoms with Crippen molar-refractivity contribution in [1.82, 2.24) is 0 Å². The first-order chi connectivity index (χ1) is 13.5. The quantitative estimate of drug-likeness (QED) is 0.625. The zero-order chi connectivity index (χ0) is 19.9. The maximum atomic E-state index is 13.6. The van der Waals surface area contributed by atoms with Crippen LogP contribution in [0.3, 0.4) is 0 Å². The second-order valence-electron chi connectivity index (χ2n) is 5.96. The molecule has 0 radical (unpaired) electrons. The summed E-state index contributed by atoms with van der Waals surface area (Å²) in [6.07, 6.45) is -1.09. The number of ether oxygens (including phenoxy) is 2. The minimum atomic E-state index is -1.09. The van der Waals surface area contributed by atoms with Gasteiger partial charge in [-0.15, -0.1) is 0 Å². The molecule has 0 saturated carbocycles. The summed E-state index contributed by atoms with van der Waals surface area (Å²) in [6, 6.07) is 21.5. The average Bonchev–Trinajstić information content (AvgIpc) is 2.70. The number of hydrogen-bond donors (Lipinski definition) is 1. The highest BCUT2D eigenvalue weighted by Crippen LogP contribution is 2.22. The largest absolute Gasteiger partial charge is 0.457 e. The van der Waals surface area contributed by atoms with Crippen molar-refractivity contribution in [3.63, 3.8) is 0 Å². The molecule has 0 bridgehead atoms. The van der Waals surface area contributed by atoms with Crippen molar-refractivity contribution in [2.45, 2.75) is 13.0 Å². The molecule has 3 rings (SSSR count). The number of halogens is 1. The molecule has 0 fully saturated rings. The van der Waals surface area contributed by atoms with E-state index in [1.807, 2.05) is 30.3 Å². The maximum absolute atomic E-state index is 13.6. The van der Waals surface area contributed by atoms with Crippen molar-refractivity contribution in [2.24, 2.45) is 0 Å². The Labute approximate surface area is 161 Å². The Morgan fingerprint density at radius 3 is 2.14 bits per heavy atom. The van der Waals surface area contributed by atoms with Gasteiger partial charge in [-0.2, -0.15) is 0 Å². The van der Waals surface area contributed by atoms with E-state index < -0.39 is 23.8 Å². The van der Waals surface area contributed by atoms with E-state index in [0.29, 0.717) is 17.2 Å². The van der Waals surface area contributed by atoms with Gasteiger partial charge >= 0.3 is 5.97 Å². The van der Waals surface area contributed by atoms with E-state index in [2.05, 4.69) is 5.32 Å². The average molecular weight is 379 g/mol. The van der Waals surface area contributed by atoms with E-state index in [-0.39, 0.29) is 5.56 Å². The highest BCUT2D eigenvalue weighted by atomic mass is 19.1. The van der Waals surface area contributed by atoms with Gasteiger partial charge in [-0.05, 0) is 55.5 Å². The standard InChI is InChI=1S/C22H18FNO4/c1-15(27-22(26)19-9-5-6-10-20(19)23)21(25)24-16-11-13-18(14-12-16)28-17-7-3-2-4-8-17/h2-15H,1H3,(H,24,25). The summed E-state index contributed by atoms with van der Waals surface area (Å²) >= 11 is 0. The van der Waals surface area contributed by atoms with E-state index >= 15 is 0 Å². The molecule has 1 amide bonds. The summed E-state index contributed by atoms with van der Waals surface area (Å²) in [5.41, 5.74) is 0.295. The lowest BCUT2D eigenvalue weighted by molar-refractivity contribution is -0.123. The van der Waals surface area contributed by atoms with Crippen molar-refractivity contribution in [3.05, 3.63) is 90.2 Å². The van der Waals surface area contributed by atoms with Crippen LogP contribution in [0, 0.1) is 5.82 Å². The molecule has 0 aliphatic heterocycles. The second-order valence-corrected chi connectivity index (χ2v) is 5.96. The van der Waals surface area contributed by atoms with Gasteiger partial charge in [0.2, 0.25) is 0 Å². The Balaban J connectivity index is 1.56. The van der Waals surface area contributed by atoms with Gasteiger partial charge in [0, 0.05) is 5.69 Å². The second kappa shape index (κ2) is 8.81. The van der Waals surface area contributed by atoms with E-state index in [0.717, 1.165) is 6.07 Å². The third-order valence-corrected chi connectivity index (χ3v) is 3.85. The molecule has 1 unspecified atom stereocenters. The maximum Gasteiger partial charge on any atom is 0.341 e. The number of anilines is 1. The highest BCUT2D eigenvalue weighted by molar-refractivity contribution is 5.97. The fourth-order valence-corrected chi connectivity index (χ4v) is 2.38. The molecule has 0 aliphatic rings. The van der Waals surface area contributed by atoms with Gasteiger partial charge in [0.25, 0.3) is 5.91 Å². The fraction of sp³-hybridized carbons (Fsp3) is 0.0909. The van der Waals surface area contributed by atoms with Crippen LogP contribution in [0.25, 0.3) is 0 Å². The summed E-state index contributed by atoms with van der Waals surface area (Å²) in [5, 5.41) is 2.64. The number of hydrogen-bond acceptors (Lipinski definition) is 4. The van der Waals surface area contributed by atoms with E-state index in [4.69, 9.17) is 9.47 Å². The summed E-state index contributed by atoms with van der Waals surface area (Å²) < 4.78 is 24.3. The van der Waals surface area contributed by atoms with E-state index in [1.54, 1.807) is 24.3 Å². The number of carbonyl (C=O) groups excluding carboxylic acids is 2. The molecule has 0 aromatic heterocycles. The van der Waals surface area contributed by atoms with Crippen molar-refractivity contribution >= 4 is 17.6 Å². The van der Waals surface area contributed by atoms with Crippen LogP contribution in [-0.2, 0) is 9.53 Å². The monoisotopic (exact) mass is 379 g/mol. The van der Waals surface area contributed by atoms with Crippen LogP contribution in [0.15, 0.2) is 78.9 Å². The van der Waals surface area contributed by atoms with Crippen molar-refractivity contribution < 1.29 is 23.5 Å². The van der Waals surface area contributed by atoms with Crippen LogP contribution < -0.4 is 10.1 Å². The summed E-state index contributed by atoms with van der Waals surface area (Å²) in [5.74, 6) is -0.806. The Morgan fingerprint density at radius 1 is 0.857 bits per heavy atom. The Morgan fingerprint density at radius 2 is 1.46 bits per heavy atom. The molecule has 3 aromatic rings. The van der Waals surface area contributed by atoms with Crippen LogP contribution in [-0.4, -0.2) is 18.0 Å². The van der Waals surface area contributed by atoms with Gasteiger partial charge in [-0.1, -0.05) is 30.3 Å². The molecule has 3 aromatic carbocycles. The smallest absolute Gasteiger partial charge is 0.341 e. The molecule has 5 nitrogen and oxygen atoms in total. The van der Waals surface area contributed by atoms with Crippen LogP contribution >= 0.6 is 0 Å². The SMILES string of the molecule is CC(OC(=O)c1ccccc1F)C(=O)Nc1ccc(Oc2ccccc2)cc1. The first kappa shape index (κ1) is 19.1. The lowest BCUT2D eigenvalue weighted by Crippen LogP contribution is -2.30. The Hall–Kier alpha value is -3.67. The van der Waals surface area contributed by atoms with Gasteiger partial charge in [-0.3, -0.25) is 4.79 Å². The minimum Gasteiger partial charge on any atom is -0.457 e. The molecule has 0 heterocycles. The van der Waals surface area contributed by atoms with Crippen LogP contribution in [0.1, 0.15) is 17.3 Å². The van der Waals surface area contributed by atoms with Crippen LogP contribution in [0.5, 0.6) is 11.5 Å². The van der Waals surface area contributed by atoms with Gasteiger partial charge in [-0.25, -0.2) is 9.18 Å². The van der Waals surface area contributed by atoms with Gasteiger partial charge < -0.3 is 14.8 Å². The predicted octanol–water partition coefficient (Wildman–Crippen LogP) is 4.80. The third-order valence-electron chi connectivity index (χ3n) is 3.85. The number of benzene rings is 3.